The van der Waals surface area contributed by atoms with Gasteiger partial charge in [0.2, 0.25) is 5.91 Å². The van der Waals surface area contributed by atoms with Gasteiger partial charge in [0.1, 0.15) is 5.75 Å². The van der Waals surface area contributed by atoms with Crippen LogP contribution in [0.15, 0.2) is 24.3 Å². The van der Waals surface area contributed by atoms with Crippen LogP contribution in [-0.2, 0) is 11.3 Å². The molecule has 1 aromatic rings. The van der Waals surface area contributed by atoms with Gasteiger partial charge in [-0.25, -0.2) is 0 Å². The molecule has 112 valence electrons. The first kappa shape index (κ1) is 16.5. The molecule has 0 heterocycles. The SMILES string of the molecule is COc1ccc(CNCCC(=O)NCCC(C)C)cc1. The molecule has 1 aromatic carbocycles. The lowest BCUT2D eigenvalue weighted by Crippen LogP contribution is -2.28. The lowest BCUT2D eigenvalue weighted by molar-refractivity contribution is -0.121. The van der Waals surface area contributed by atoms with Crippen molar-refractivity contribution in [1.82, 2.24) is 10.6 Å². The van der Waals surface area contributed by atoms with Gasteiger partial charge in [-0.1, -0.05) is 26.0 Å². The molecule has 0 saturated heterocycles. The Labute approximate surface area is 121 Å². The highest BCUT2D eigenvalue weighted by Gasteiger charge is 2.01. The van der Waals surface area contributed by atoms with Crippen molar-refractivity contribution in [2.75, 3.05) is 20.2 Å². The van der Waals surface area contributed by atoms with E-state index in [4.69, 9.17) is 4.74 Å². The van der Waals surface area contributed by atoms with Crippen LogP contribution in [0.25, 0.3) is 0 Å². The van der Waals surface area contributed by atoms with Gasteiger partial charge in [-0.05, 0) is 30.0 Å². The molecule has 0 aliphatic heterocycles. The molecule has 0 unspecified atom stereocenters. The van der Waals surface area contributed by atoms with Crippen molar-refractivity contribution >= 4 is 5.91 Å². The number of methoxy groups -OCH3 is 1. The standard InChI is InChI=1S/C16H26N2O2/c1-13(2)8-11-18-16(19)9-10-17-12-14-4-6-15(20-3)7-5-14/h4-7,13,17H,8-12H2,1-3H3,(H,18,19). The second-order valence-electron chi connectivity index (χ2n) is 5.31. The summed E-state index contributed by atoms with van der Waals surface area (Å²) in [6, 6.07) is 7.92. The summed E-state index contributed by atoms with van der Waals surface area (Å²) in [6.45, 7) is 6.54. The third-order valence-corrected chi connectivity index (χ3v) is 3.06. The quantitative estimate of drug-likeness (QED) is 0.682. The number of rotatable bonds is 9. The summed E-state index contributed by atoms with van der Waals surface area (Å²) in [5.74, 6) is 1.61. The predicted octanol–water partition coefficient (Wildman–Crippen LogP) is 2.34. The zero-order chi connectivity index (χ0) is 14.8. The molecule has 0 aliphatic rings. The van der Waals surface area contributed by atoms with Gasteiger partial charge in [-0.15, -0.1) is 0 Å². The summed E-state index contributed by atoms with van der Waals surface area (Å²) in [7, 11) is 1.66. The molecule has 0 saturated carbocycles. The van der Waals surface area contributed by atoms with Crippen molar-refractivity contribution in [2.24, 2.45) is 5.92 Å². The van der Waals surface area contributed by atoms with Gasteiger partial charge in [0.05, 0.1) is 7.11 Å². The maximum Gasteiger partial charge on any atom is 0.221 e. The third kappa shape index (κ3) is 7.14. The van der Waals surface area contributed by atoms with Crippen LogP contribution >= 0.6 is 0 Å². The maximum absolute atomic E-state index is 11.6. The van der Waals surface area contributed by atoms with Crippen molar-refractivity contribution in [3.63, 3.8) is 0 Å². The van der Waals surface area contributed by atoms with E-state index in [-0.39, 0.29) is 5.91 Å². The summed E-state index contributed by atoms with van der Waals surface area (Å²) < 4.78 is 5.11. The third-order valence-electron chi connectivity index (χ3n) is 3.06. The summed E-state index contributed by atoms with van der Waals surface area (Å²) in [6.07, 6.45) is 1.55. The number of carbonyl (C=O) groups is 1. The second kappa shape index (κ2) is 9.37. The number of hydrogen-bond donors (Lipinski definition) is 2. The Morgan fingerprint density at radius 2 is 1.90 bits per heavy atom. The van der Waals surface area contributed by atoms with E-state index in [9.17, 15) is 4.79 Å². The van der Waals surface area contributed by atoms with Crippen LogP contribution in [0.3, 0.4) is 0 Å². The molecular weight excluding hydrogens is 252 g/mol. The fourth-order valence-electron chi connectivity index (χ4n) is 1.77. The van der Waals surface area contributed by atoms with E-state index >= 15 is 0 Å². The van der Waals surface area contributed by atoms with E-state index in [1.54, 1.807) is 7.11 Å². The zero-order valence-electron chi connectivity index (χ0n) is 12.7. The summed E-state index contributed by atoms with van der Waals surface area (Å²) in [4.78, 5) is 11.6. The van der Waals surface area contributed by atoms with E-state index in [0.717, 1.165) is 25.3 Å². The highest BCUT2D eigenvalue weighted by molar-refractivity contribution is 5.75. The predicted molar refractivity (Wildman–Crippen MR) is 81.8 cm³/mol. The molecule has 20 heavy (non-hydrogen) atoms. The van der Waals surface area contributed by atoms with Gasteiger partial charge in [0.15, 0.2) is 0 Å². The Hall–Kier alpha value is -1.55. The lowest BCUT2D eigenvalue weighted by Gasteiger charge is -2.08. The molecule has 0 bridgehead atoms. The smallest absolute Gasteiger partial charge is 0.221 e. The maximum atomic E-state index is 11.6. The number of ether oxygens (including phenoxy) is 1. The average molecular weight is 278 g/mol. The van der Waals surface area contributed by atoms with Gasteiger partial charge in [-0.2, -0.15) is 0 Å². The molecule has 0 aromatic heterocycles. The molecule has 1 amide bonds. The van der Waals surface area contributed by atoms with Crippen molar-refractivity contribution in [3.8, 4) is 5.75 Å². The summed E-state index contributed by atoms with van der Waals surface area (Å²) in [5.41, 5.74) is 1.19. The van der Waals surface area contributed by atoms with Crippen LogP contribution in [0.2, 0.25) is 0 Å². The van der Waals surface area contributed by atoms with Crippen LogP contribution in [0.1, 0.15) is 32.3 Å². The highest BCUT2D eigenvalue weighted by atomic mass is 16.5. The van der Waals surface area contributed by atoms with E-state index in [1.165, 1.54) is 5.56 Å². The Kier molecular flexibility index (Phi) is 7.73. The number of carbonyl (C=O) groups excluding carboxylic acids is 1. The normalized spacial score (nSPS) is 10.6. The van der Waals surface area contributed by atoms with Gasteiger partial charge >= 0.3 is 0 Å². The molecule has 4 nitrogen and oxygen atoms in total. The van der Waals surface area contributed by atoms with Crippen molar-refractivity contribution in [1.29, 1.82) is 0 Å². The lowest BCUT2D eigenvalue weighted by atomic mass is 10.1. The first-order valence-electron chi connectivity index (χ1n) is 7.22. The minimum atomic E-state index is 0.118. The Balaban J connectivity index is 2.10. The molecule has 0 atom stereocenters. The molecule has 0 fully saturated rings. The van der Waals surface area contributed by atoms with Crippen LogP contribution < -0.4 is 15.4 Å². The Morgan fingerprint density at radius 1 is 1.20 bits per heavy atom. The van der Waals surface area contributed by atoms with Gasteiger partial charge < -0.3 is 15.4 Å². The van der Waals surface area contributed by atoms with Crippen molar-refractivity contribution in [3.05, 3.63) is 29.8 Å². The number of benzene rings is 1. The summed E-state index contributed by atoms with van der Waals surface area (Å²) in [5, 5.41) is 6.20. The van der Waals surface area contributed by atoms with E-state index < -0.39 is 0 Å². The number of nitrogens with one attached hydrogen (secondary N) is 2. The van der Waals surface area contributed by atoms with Crippen LogP contribution in [0, 0.1) is 5.92 Å². The average Bonchev–Trinajstić information content (AvgIpc) is 2.44. The zero-order valence-corrected chi connectivity index (χ0v) is 12.7. The molecule has 4 heteroatoms. The van der Waals surface area contributed by atoms with Crippen molar-refractivity contribution < 1.29 is 9.53 Å². The van der Waals surface area contributed by atoms with Crippen LogP contribution in [0.5, 0.6) is 5.75 Å². The molecule has 0 spiro atoms. The number of amides is 1. The monoisotopic (exact) mass is 278 g/mol. The second-order valence-corrected chi connectivity index (χ2v) is 5.31. The minimum Gasteiger partial charge on any atom is -0.497 e. The van der Waals surface area contributed by atoms with Gasteiger partial charge in [0.25, 0.3) is 0 Å². The largest absolute Gasteiger partial charge is 0.497 e. The molecule has 2 N–H and O–H groups in total. The van der Waals surface area contributed by atoms with Gasteiger partial charge in [0, 0.05) is 26.1 Å². The summed E-state index contributed by atoms with van der Waals surface area (Å²) >= 11 is 0. The molecule has 1 rings (SSSR count). The minimum absolute atomic E-state index is 0.118. The first-order chi connectivity index (χ1) is 9.61. The van der Waals surface area contributed by atoms with Crippen LogP contribution in [0.4, 0.5) is 0 Å². The fraction of sp³-hybridized carbons (Fsp3) is 0.562. The first-order valence-corrected chi connectivity index (χ1v) is 7.22. The molecule has 0 radical (unpaired) electrons. The molecule has 0 aliphatic carbocycles. The van der Waals surface area contributed by atoms with Gasteiger partial charge in [-0.3, -0.25) is 4.79 Å². The molecular formula is C16H26N2O2. The van der Waals surface area contributed by atoms with Crippen LogP contribution in [-0.4, -0.2) is 26.1 Å². The Morgan fingerprint density at radius 3 is 2.50 bits per heavy atom. The fourth-order valence-corrected chi connectivity index (χ4v) is 1.77. The van der Waals surface area contributed by atoms with E-state index in [1.807, 2.05) is 24.3 Å². The van der Waals surface area contributed by atoms with Crippen molar-refractivity contribution in [2.45, 2.75) is 33.2 Å². The number of hydrogen-bond acceptors (Lipinski definition) is 3. The van der Waals surface area contributed by atoms with E-state index in [0.29, 0.717) is 18.9 Å². The topological polar surface area (TPSA) is 50.4 Å². The highest BCUT2D eigenvalue weighted by Crippen LogP contribution is 2.10. The Bertz CT molecular complexity index is 388. The van der Waals surface area contributed by atoms with E-state index in [2.05, 4.69) is 24.5 Å².